The van der Waals surface area contributed by atoms with E-state index in [4.69, 9.17) is 4.74 Å². The van der Waals surface area contributed by atoms with Gasteiger partial charge in [0.05, 0.1) is 18.2 Å². The first-order valence-electron chi connectivity index (χ1n) is 7.21. The molecule has 4 nitrogen and oxygen atoms in total. The SMILES string of the molecule is COc1ccccc1-c1c(C(F)(F)F)c(C(=O)O)nc2ccccc12. The first-order chi connectivity index (χ1) is 11.8. The van der Waals surface area contributed by atoms with Crippen LogP contribution < -0.4 is 4.74 Å². The number of para-hydroxylation sites is 2. The zero-order valence-corrected chi connectivity index (χ0v) is 13.0. The van der Waals surface area contributed by atoms with Gasteiger partial charge >= 0.3 is 12.1 Å². The van der Waals surface area contributed by atoms with E-state index in [0.29, 0.717) is 0 Å². The minimum atomic E-state index is -4.90. The molecule has 0 atom stereocenters. The summed E-state index contributed by atoms with van der Waals surface area (Å²) in [4.78, 5) is 15.2. The van der Waals surface area contributed by atoms with Gasteiger partial charge < -0.3 is 9.84 Å². The number of aromatic nitrogens is 1. The van der Waals surface area contributed by atoms with Crippen molar-refractivity contribution < 1.29 is 27.8 Å². The Hall–Kier alpha value is -3.09. The van der Waals surface area contributed by atoms with Gasteiger partial charge in [0, 0.05) is 16.5 Å². The molecule has 2 aromatic carbocycles. The second-order valence-corrected chi connectivity index (χ2v) is 5.23. The number of methoxy groups -OCH3 is 1. The highest BCUT2D eigenvalue weighted by molar-refractivity contribution is 6.03. The van der Waals surface area contributed by atoms with E-state index in [2.05, 4.69) is 4.98 Å². The molecule has 3 rings (SSSR count). The lowest BCUT2D eigenvalue weighted by Crippen LogP contribution is -2.17. The normalized spacial score (nSPS) is 11.5. The number of aromatic carboxylic acids is 1. The summed E-state index contributed by atoms with van der Waals surface area (Å²) in [5, 5.41) is 9.49. The third kappa shape index (κ3) is 2.88. The lowest BCUT2D eigenvalue weighted by Gasteiger charge is -2.19. The van der Waals surface area contributed by atoms with Crippen LogP contribution in [0.4, 0.5) is 13.2 Å². The molecule has 1 N–H and O–H groups in total. The second-order valence-electron chi connectivity index (χ2n) is 5.23. The van der Waals surface area contributed by atoms with Gasteiger partial charge in [-0.15, -0.1) is 0 Å². The highest BCUT2D eigenvalue weighted by atomic mass is 19.4. The largest absolute Gasteiger partial charge is 0.496 e. The molecule has 1 aromatic heterocycles. The number of ether oxygens (including phenoxy) is 1. The zero-order chi connectivity index (χ0) is 18.2. The van der Waals surface area contributed by atoms with Crippen LogP contribution in [0.1, 0.15) is 16.1 Å². The number of pyridine rings is 1. The van der Waals surface area contributed by atoms with E-state index in [1.54, 1.807) is 24.3 Å². The lowest BCUT2D eigenvalue weighted by molar-refractivity contribution is -0.137. The fraction of sp³-hybridized carbons (Fsp3) is 0.111. The van der Waals surface area contributed by atoms with Crippen molar-refractivity contribution in [2.24, 2.45) is 0 Å². The van der Waals surface area contributed by atoms with Crippen molar-refractivity contribution in [3.63, 3.8) is 0 Å². The second kappa shape index (κ2) is 6.08. The quantitative estimate of drug-likeness (QED) is 0.751. The van der Waals surface area contributed by atoms with Crippen molar-refractivity contribution in [2.75, 3.05) is 7.11 Å². The van der Waals surface area contributed by atoms with Crippen LogP contribution >= 0.6 is 0 Å². The van der Waals surface area contributed by atoms with Crippen molar-refractivity contribution in [1.82, 2.24) is 4.98 Å². The molecular formula is C18H12F3NO3. The Bertz CT molecular complexity index is 967. The molecule has 25 heavy (non-hydrogen) atoms. The number of carbonyl (C=O) groups is 1. The number of carboxylic acids is 1. The molecule has 0 radical (unpaired) electrons. The molecule has 0 aliphatic carbocycles. The molecule has 0 unspecified atom stereocenters. The summed E-state index contributed by atoms with van der Waals surface area (Å²) in [6.07, 6.45) is -4.90. The van der Waals surface area contributed by atoms with E-state index < -0.39 is 23.4 Å². The third-order valence-electron chi connectivity index (χ3n) is 3.75. The number of benzene rings is 2. The molecule has 1 heterocycles. The maximum atomic E-state index is 13.8. The van der Waals surface area contributed by atoms with Gasteiger partial charge in [0.25, 0.3) is 0 Å². The number of hydrogen-bond donors (Lipinski definition) is 1. The fourth-order valence-electron chi connectivity index (χ4n) is 2.77. The minimum absolute atomic E-state index is 0.151. The van der Waals surface area contributed by atoms with E-state index in [0.717, 1.165) is 0 Å². The van der Waals surface area contributed by atoms with Gasteiger partial charge in [-0.3, -0.25) is 0 Å². The fourth-order valence-corrected chi connectivity index (χ4v) is 2.77. The first kappa shape index (κ1) is 16.8. The van der Waals surface area contributed by atoms with Crippen LogP contribution in [-0.4, -0.2) is 23.2 Å². The molecule has 0 aliphatic heterocycles. The number of hydrogen-bond acceptors (Lipinski definition) is 3. The van der Waals surface area contributed by atoms with Gasteiger partial charge in [0.1, 0.15) is 5.75 Å². The standard InChI is InChI=1S/C18H12F3NO3/c1-25-13-9-5-3-7-11(13)14-10-6-2-4-8-12(10)22-16(17(23)24)15(14)18(19,20)21/h2-9H,1H3,(H,23,24). The Balaban J connectivity index is 2.57. The van der Waals surface area contributed by atoms with Crippen molar-refractivity contribution >= 4 is 16.9 Å². The van der Waals surface area contributed by atoms with Gasteiger partial charge in [0.15, 0.2) is 5.69 Å². The molecule has 0 bridgehead atoms. The highest BCUT2D eigenvalue weighted by Crippen LogP contribution is 2.45. The summed E-state index contributed by atoms with van der Waals surface area (Å²) in [5.41, 5.74) is -2.27. The van der Waals surface area contributed by atoms with Crippen molar-refractivity contribution in [2.45, 2.75) is 6.18 Å². The molecule has 7 heteroatoms. The Morgan fingerprint density at radius 2 is 1.72 bits per heavy atom. The summed E-state index contributed by atoms with van der Waals surface area (Å²) in [5.74, 6) is -1.53. The molecule has 3 aromatic rings. The summed E-state index contributed by atoms with van der Waals surface area (Å²) in [6.45, 7) is 0. The Morgan fingerprint density at radius 1 is 1.08 bits per heavy atom. The number of fused-ring (bicyclic) bond motifs is 1. The van der Waals surface area contributed by atoms with Crippen LogP contribution in [-0.2, 0) is 6.18 Å². The van der Waals surface area contributed by atoms with Gasteiger partial charge in [-0.05, 0) is 12.1 Å². The Morgan fingerprint density at radius 3 is 2.36 bits per heavy atom. The number of nitrogens with zero attached hydrogens (tertiary/aromatic N) is 1. The molecule has 0 fully saturated rings. The van der Waals surface area contributed by atoms with Crippen LogP contribution in [0.2, 0.25) is 0 Å². The van der Waals surface area contributed by atoms with Crippen LogP contribution in [0.5, 0.6) is 5.75 Å². The van der Waals surface area contributed by atoms with E-state index in [1.165, 1.54) is 31.4 Å². The Labute approximate surface area is 140 Å². The summed E-state index contributed by atoms with van der Waals surface area (Å²) in [7, 11) is 1.34. The van der Waals surface area contributed by atoms with Gasteiger partial charge in [-0.25, -0.2) is 9.78 Å². The van der Waals surface area contributed by atoms with E-state index in [-0.39, 0.29) is 27.8 Å². The summed E-state index contributed by atoms with van der Waals surface area (Å²) < 4.78 is 46.5. The van der Waals surface area contributed by atoms with Gasteiger partial charge in [-0.1, -0.05) is 36.4 Å². The van der Waals surface area contributed by atoms with Crippen LogP contribution in [0.3, 0.4) is 0 Å². The molecule has 0 saturated heterocycles. The Kier molecular flexibility index (Phi) is 4.08. The predicted octanol–water partition coefficient (Wildman–Crippen LogP) is 4.63. The monoisotopic (exact) mass is 347 g/mol. The molecule has 0 spiro atoms. The van der Waals surface area contributed by atoms with Crippen molar-refractivity contribution in [1.29, 1.82) is 0 Å². The minimum Gasteiger partial charge on any atom is -0.496 e. The van der Waals surface area contributed by atoms with E-state index in [9.17, 15) is 23.1 Å². The lowest BCUT2D eigenvalue weighted by atomic mass is 9.93. The highest BCUT2D eigenvalue weighted by Gasteiger charge is 2.41. The third-order valence-corrected chi connectivity index (χ3v) is 3.75. The maximum Gasteiger partial charge on any atom is 0.419 e. The smallest absolute Gasteiger partial charge is 0.419 e. The average Bonchev–Trinajstić information content (AvgIpc) is 2.59. The summed E-state index contributed by atoms with van der Waals surface area (Å²) >= 11 is 0. The van der Waals surface area contributed by atoms with Crippen LogP contribution in [0, 0.1) is 0 Å². The van der Waals surface area contributed by atoms with Gasteiger partial charge in [0.2, 0.25) is 0 Å². The van der Waals surface area contributed by atoms with Crippen molar-refractivity contribution in [3.8, 4) is 16.9 Å². The molecule has 128 valence electrons. The predicted molar refractivity (Wildman–Crippen MR) is 85.7 cm³/mol. The van der Waals surface area contributed by atoms with Crippen LogP contribution in [0.25, 0.3) is 22.0 Å². The molecule has 0 saturated carbocycles. The number of alkyl halides is 3. The van der Waals surface area contributed by atoms with E-state index in [1.807, 2.05) is 0 Å². The number of carboxylic acid groups (broad SMARTS) is 1. The maximum absolute atomic E-state index is 13.8. The van der Waals surface area contributed by atoms with Crippen molar-refractivity contribution in [3.05, 3.63) is 59.8 Å². The average molecular weight is 347 g/mol. The van der Waals surface area contributed by atoms with Crippen LogP contribution in [0.15, 0.2) is 48.5 Å². The zero-order valence-electron chi connectivity index (χ0n) is 13.0. The van der Waals surface area contributed by atoms with E-state index >= 15 is 0 Å². The number of rotatable bonds is 3. The topological polar surface area (TPSA) is 59.4 Å². The first-order valence-corrected chi connectivity index (χ1v) is 7.21. The summed E-state index contributed by atoms with van der Waals surface area (Å²) in [6, 6.07) is 12.3. The molecule has 0 aliphatic rings. The number of halogens is 3. The molecule has 0 amide bonds. The molecular weight excluding hydrogens is 335 g/mol. The van der Waals surface area contributed by atoms with Gasteiger partial charge in [-0.2, -0.15) is 13.2 Å².